The Morgan fingerprint density at radius 1 is 1.26 bits per heavy atom. The minimum absolute atomic E-state index is 0.115. The van der Waals surface area contributed by atoms with Crippen molar-refractivity contribution in [1.29, 1.82) is 0 Å². The van der Waals surface area contributed by atoms with Gasteiger partial charge in [0.2, 0.25) is 17.2 Å². The number of benzene rings is 1. The molecule has 2 heterocycles. The van der Waals surface area contributed by atoms with Gasteiger partial charge >= 0.3 is 0 Å². The highest BCUT2D eigenvalue weighted by Gasteiger charge is 2.29. The molecule has 3 rings (SSSR count). The van der Waals surface area contributed by atoms with Crippen LogP contribution < -0.4 is 16.1 Å². The molecule has 8 nitrogen and oxygen atoms in total. The predicted molar refractivity (Wildman–Crippen MR) is 98.0 cm³/mol. The summed E-state index contributed by atoms with van der Waals surface area (Å²) >= 11 is 6.15. The van der Waals surface area contributed by atoms with E-state index >= 15 is 0 Å². The average molecular weight is 389 g/mol. The number of imide groups is 1. The van der Waals surface area contributed by atoms with Crippen LogP contribution in [-0.4, -0.2) is 33.5 Å². The molecule has 0 saturated carbocycles. The molecule has 0 radical (unpaired) electrons. The van der Waals surface area contributed by atoms with Crippen LogP contribution in [0.15, 0.2) is 29.1 Å². The number of carbonyl (C=O) groups is 3. The molecule has 0 bridgehead atoms. The Balaban J connectivity index is 1.92. The van der Waals surface area contributed by atoms with Gasteiger partial charge in [-0.15, -0.1) is 0 Å². The lowest BCUT2D eigenvalue weighted by molar-refractivity contribution is -0.134. The van der Waals surface area contributed by atoms with E-state index in [0.717, 1.165) is 5.56 Å². The number of nitrogens with one attached hydrogen (secondary N) is 2. The van der Waals surface area contributed by atoms with Gasteiger partial charge in [0.1, 0.15) is 6.04 Å². The van der Waals surface area contributed by atoms with Gasteiger partial charge in [-0.2, -0.15) is 5.10 Å². The number of rotatable bonds is 3. The fourth-order valence-electron chi connectivity index (χ4n) is 2.74. The molecule has 2 aromatic rings. The first-order valence-corrected chi connectivity index (χ1v) is 8.66. The van der Waals surface area contributed by atoms with Gasteiger partial charge in [0.25, 0.3) is 5.91 Å². The molecule has 27 heavy (non-hydrogen) atoms. The van der Waals surface area contributed by atoms with Crippen LogP contribution >= 0.6 is 11.6 Å². The highest BCUT2D eigenvalue weighted by atomic mass is 35.5. The summed E-state index contributed by atoms with van der Waals surface area (Å²) in [7, 11) is 0. The van der Waals surface area contributed by atoms with Crippen molar-refractivity contribution in [1.82, 2.24) is 20.4 Å². The molecule has 140 valence electrons. The van der Waals surface area contributed by atoms with E-state index < -0.39 is 29.2 Å². The number of hydrogen-bond acceptors (Lipinski definition) is 5. The number of halogens is 1. The molecule has 1 fully saturated rings. The topological polar surface area (TPSA) is 110 Å². The number of aryl methyl sites for hydroxylation is 2. The van der Waals surface area contributed by atoms with Crippen LogP contribution in [0, 0.1) is 13.8 Å². The average Bonchev–Trinajstić information content (AvgIpc) is 2.60. The van der Waals surface area contributed by atoms with E-state index in [4.69, 9.17) is 11.6 Å². The summed E-state index contributed by atoms with van der Waals surface area (Å²) in [6.07, 6.45) is 0.286. The van der Waals surface area contributed by atoms with Crippen molar-refractivity contribution in [3.05, 3.63) is 56.5 Å². The first-order valence-electron chi connectivity index (χ1n) is 8.28. The Hall–Kier alpha value is -3.00. The molecule has 1 aromatic carbocycles. The highest BCUT2D eigenvalue weighted by molar-refractivity contribution is 6.31. The Labute approximate surface area is 159 Å². The van der Waals surface area contributed by atoms with Crippen LogP contribution in [0.2, 0.25) is 5.02 Å². The van der Waals surface area contributed by atoms with Crippen LogP contribution in [0.4, 0.5) is 0 Å². The first kappa shape index (κ1) is 18.8. The van der Waals surface area contributed by atoms with Crippen molar-refractivity contribution >= 4 is 29.3 Å². The molecule has 1 aromatic heterocycles. The highest BCUT2D eigenvalue weighted by Crippen LogP contribution is 2.19. The van der Waals surface area contributed by atoms with E-state index in [9.17, 15) is 19.2 Å². The number of piperidine rings is 1. The summed E-state index contributed by atoms with van der Waals surface area (Å²) in [5.41, 5.74) is 1.10. The van der Waals surface area contributed by atoms with Gasteiger partial charge in [0, 0.05) is 23.2 Å². The molecule has 2 N–H and O–H groups in total. The third kappa shape index (κ3) is 3.90. The van der Waals surface area contributed by atoms with Crippen LogP contribution in [0.3, 0.4) is 0 Å². The van der Waals surface area contributed by atoms with Crippen molar-refractivity contribution < 1.29 is 14.4 Å². The smallest absolute Gasteiger partial charge is 0.276 e. The maximum absolute atomic E-state index is 12.5. The fourth-order valence-corrected chi connectivity index (χ4v) is 2.91. The van der Waals surface area contributed by atoms with Gasteiger partial charge < -0.3 is 5.32 Å². The van der Waals surface area contributed by atoms with Crippen LogP contribution in [0.1, 0.15) is 34.6 Å². The van der Waals surface area contributed by atoms with E-state index in [1.54, 1.807) is 25.1 Å². The molecule has 1 aliphatic rings. The molecule has 1 aliphatic heterocycles. The molecule has 1 unspecified atom stereocenters. The monoisotopic (exact) mass is 388 g/mol. The Bertz CT molecular complexity index is 1010. The quantitative estimate of drug-likeness (QED) is 0.763. The van der Waals surface area contributed by atoms with E-state index in [1.807, 2.05) is 6.92 Å². The van der Waals surface area contributed by atoms with Crippen molar-refractivity contribution in [2.75, 3.05) is 0 Å². The van der Waals surface area contributed by atoms with E-state index in [2.05, 4.69) is 15.7 Å². The van der Waals surface area contributed by atoms with Crippen molar-refractivity contribution in [2.24, 2.45) is 0 Å². The number of nitrogens with zero attached hydrogens (tertiary/aromatic N) is 2. The normalized spacial score (nSPS) is 16.8. The predicted octanol–water partition coefficient (Wildman–Crippen LogP) is 1.04. The second-order valence-electron chi connectivity index (χ2n) is 6.32. The van der Waals surface area contributed by atoms with Gasteiger partial charge in [0.15, 0.2) is 5.69 Å². The molecule has 0 spiro atoms. The van der Waals surface area contributed by atoms with E-state index in [-0.39, 0.29) is 18.5 Å². The lowest BCUT2D eigenvalue weighted by atomic mass is 10.1. The van der Waals surface area contributed by atoms with Gasteiger partial charge in [-0.25, -0.2) is 4.68 Å². The zero-order chi connectivity index (χ0) is 19.7. The minimum atomic E-state index is -0.889. The van der Waals surface area contributed by atoms with E-state index in [0.29, 0.717) is 16.4 Å². The summed E-state index contributed by atoms with van der Waals surface area (Å²) in [5, 5.41) is 9.29. The van der Waals surface area contributed by atoms with Crippen LogP contribution in [0.25, 0.3) is 5.69 Å². The summed E-state index contributed by atoms with van der Waals surface area (Å²) < 4.78 is 1.44. The number of carbonyl (C=O) groups excluding carboxylic acids is 3. The SMILES string of the molecule is Cc1ccc(-n2nc(C(=O)NC3CCC(=O)NC3=O)c(=O)cc2C)cc1Cl. The Morgan fingerprint density at radius 2 is 2.00 bits per heavy atom. The first-order chi connectivity index (χ1) is 12.8. The Morgan fingerprint density at radius 3 is 2.67 bits per heavy atom. The van der Waals surface area contributed by atoms with Crippen molar-refractivity contribution in [3.8, 4) is 5.69 Å². The third-order valence-corrected chi connectivity index (χ3v) is 4.67. The number of aromatic nitrogens is 2. The van der Waals surface area contributed by atoms with Crippen LogP contribution in [0.5, 0.6) is 0 Å². The summed E-state index contributed by atoms with van der Waals surface area (Å²) in [5.74, 6) is -1.77. The number of amides is 3. The third-order valence-electron chi connectivity index (χ3n) is 4.27. The lowest BCUT2D eigenvalue weighted by Gasteiger charge is -2.21. The van der Waals surface area contributed by atoms with Crippen molar-refractivity contribution in [3.63, 3.8) is 0 Å². The van der Waals surface area contributed by atoms with Crippen molar-refractivity contribution in [2.45, 2.75) is 32.7 Å². The van der Waals surface area contributed by atoms with Gasteiger partial charge in [-0.3, -0.25) is 24.5 Å². The standard InChI is InChI=1S/C18H17ClN4O4/c1-9-3-4-11(8-12(9)19)23-10(2)7-14(24)16(22-23)18(27)20-13-5-6-15(25)21-17(13)26/h3-4,7-8,13H,5-6H2,1-2H3,(H,20,27)(H,21,25,26). The lowest BCUT2D eigenvalue weighted by Crippen LogP contribution is -2.53. The summed E-state index contributed by atoms with van der Waals surface area (Å²) in [6, 6.07) is 5.66. The second-order valence-corrected chi connectivity index (χ2v) is 6.73. The molecule has 1 saturated heterocycles. The van der Waals surface area contributed by atoms with Gasteiger partial charge in [-0.05, 0) is 38.0 Å². The largest absolute Gasteiger partial charge is 0.339 e. The van der Waals surface area contributed by atoms with Gasteiger partial charge in [0.05, 0.1) is 5.69 Å². The minimum Gasteiger partial charge on any atom is -0.339 e. The molecule has 0 aliphatic carbocycles. The zero-order valence-electron chi connectivity index (χ0n) is 14.7. The van der Waals surface area contributed by atoms with Crippen LogP contribution in [-0.2, 0) is 9.59 Å². The molecular weight excluding hydrogens is 372 g/mol. The molecule has 3 amide bonds. The second kappa shape index (κ2) is 7.32. The van der Waals surface area contributed by atoms with Gasteiger partial charge in [-0.1, -0.05) is 17.7 Å². The summed E-state index contributed by atoms with van der Waals surface area (Å²) in [6.45, 7) is 3.54. The molecule has 1 atom stereocenters. The molecular formula is C18H17ClN4O4. The molecule has 9 heteroatoms. The zero-order valence-corrected chi connectivity index (χ0v) is 15.5. The maximum atomic E-state index is 12.5. The summed E-state index contributed by atoms with van der Waals surface area (Å²) in [4.78, 5) is 47.7. The Kier molecular flexibility index (Phi) is 5.09. The van der Waals surface area contributed by atoms with E-state index in [1.165, 1.54) is 10.7 Å². The maximum Gasteiger partial charge on any atom is 0.276 e. The number of hydrogen-bond donors (Lipinski definition) is 2. The fraction of sp³-hybridized carbons (Fsp3) is 0.278.